The zero-order valence-corrected chi connectivity index (χ0v) is 10.0. The number of rotatable bonds is 2. The average Bonchev–Trinajstić information content (AvgIpc) is 2.29. The van der Waals surface area contributed by atoms with E-state index in [-0.39, 0.29) is 5.92 Å². The highest BCUT2D eigenvalue weighted by molar-refractivity contribution is 5.24. The zero-order chi connectivity index (χ0) is 12.5. The molecule has 0 aliphatic heterocycles. The van der Waals surface area contributed by atoms with Gasteiger partial charge in [-0.2, -0.15) is 0 Å². The largest absolute Gasteiger partial charge is 0.385 e. The lowest BCUT2D eigenvalue weighted by molar-refractivity contribution is -0.0219. The number of benzene rings is 1. The third-order valence-corrected chi connectivity index (χ3v) is 3.85. The maximum Gasteiger partial charge on any atom is 0.126 e. The molecular weight excluding hydrogens is 222 g/mol. The molecule has 0 amide bonds. The molecule has 0 bridgehead atoms. The van der Waals surface area contributed by atoms with Gasteiger partial charge >= 0.3 is 0 Å². The van der Waals surface area contributed by atoms with Crippen molar-refractivity contribution in [3.8, 4) is 0 Å². The second-order valence-electron chi connectivity index (χ2n) is 5.14. The summed E-state index contributed by atoms with van der Waals surface area (Å²) in [6, 6.07) is 3.30. The highest BCUT2D eigenvalue weighted by Gasteiger charge is 2.34. The Morgan fingerprint density at radius 2 is 1.59 bits per heavy atom. The molecule has 1 aliphatic carbocycles. The lowest BCUT2D eigenvalue weighted by Gasteiger charge is -2.36. The van der Waals surface area contributed by atoms with Crippen molar-refractivity contribution in [3.63, 3.8) is 0 Å². The fraction of sp³-hybridized carbons (Fsp3) is 0.571. The zero-order valence-electron chi connectivity index (χ0n) is 10.0. The monoisotopic (exact) mass is 240 g/mol. The summed E-state index contributed by atoms with van der Waals surface area (Å²) < 4.78 is 26.3. The fourth-order valence-corrected chi connectivity index (χ4v) is 2.75. The highest BCUT2D eigenvalue weighted by Crippen LogP contribution is 2.39. The first kappa shape index (κ1) is 12.5. The topological polar surface area (TPSA) is 20.2 Å². The van der Waals surface area contributed by atoms with Gasteiger partial charge in [-0.1, -0.05) is 19.3 Å². The highest BCUT2D eigenvalue weighted by atomic mass is 19.1. The third kappa shape index (κ3) is 2.65. The van der Waals surface area contributed by atoms with Crippen LogP contribution in [-0.2, 0) is 5.60 Å². The summed E-state index contributed by atoms with van der Waals surface area (Å²) >= 11 is 0. The van der Waals surface area contributed by atoms with Gasteiger partial charge in [-0.05, 0) is 43.4 Å². The van der Waals surface area contributed by atoms with Crippen LogP contribution >= 0.6 is 0 Å². The summed E-state index contributed by atoms with van der Waals surface area (Å²) in [5.41, 5.74) is -0.787. The lowest BCUT2D eigenvalue weighted by atomic mass is 9.74. The maximum absolute atomic E-state index is 13.2. The molecular formula is C14H18F2O. The SMILES string of the molecule is CC(O)(c1cc(F)cc(F)c1)C1CCCCC1. The van der Waals surface area contributed by atoms with Crippen molar-refractivity contribution in [2.75, 3.05) is 0 Å². The van der Waals surface area contributed by atoms with Gasteiger partial charge in [-0.25, -0.2) is 8.78 Å². The Balaban J connectivity index is 2.29. The molecule has 94 valence electrons. The summed E-state index contributed by atoms with van der Waals surface area (Å²) in [5, 5.41) is 10.5. The summed E-state index contributed by atoms with van der Waals surface area (Å²) in [7, 11) is 0. The number of halogens is 2. The van der Waals surface area contributed by atoms with Crippen LogP contribution in [-0.4, -0.2) is 5.11 Å². The van der Waals surface area contributed by atoms with Crippen LogP contribution in [0.3, 0.4) is 0 Å². The van der Waals surface area contributed by atoms with E-state index in [1.165, 1.54) is 18.6 Å². The lowest BCUT2D eigenvalue weighted by Crippen LogP contribution is -2.33. The van der Waals surface area contributed by atoms with Gasteiger partial charge in [-0.3, -0.25) is 0 Å². The smallest absolute Gasteiger partial charge is 0.126 e. The maximum atomic E-state index is 13.2. The van der Waals surface area contributed by atoms with Crippen LogP contribution in [0.5, 0.6) is 0 Å². The van der Waals surface area contributed by atoms with Gasteiger partial charge in [0.05, 0.1) is 5.60 Å². The Morgan fingerprint density at radius 1 is 1.06 bits per heavy atom. The van der Waals surface area contributed by atoms with E-state index in [1.807, 2.05) is 0 Å². The minimum atomic E-state index is -1.14. The first-order valence-electron chi connectivity index (χ1n) is 6.19. The van der Waals surface area contributed by atoms with Gasteiger partial charge in [0, 0.05) is 6.07 Å². The Labute approximate surface area is 100 Å². The number of aliphatic hydroxyl groups is 1. The summed E-state index contributed by atoms with van der Waals surface area (Å²) in [5.74, 6) is -1.16. The predicted octanol–water partition coefficient (Wildman–Crippen LogP) is 3.75. The molecule has 0 spiro atoms. The summed E-state index contributed by atoms with van der Waals surface area (Å²) in [4.78, 5) is 0. The molecule has 1 unspecified atom stereocenters. The van der Waals surface area contributed by atoms with Gasteiger partial charge in [0.1, 0.15) is 11.6 Å². The van der Waals surface area contributed by atoms with Gasteiger partial charge in [0.2, 0.25) is 0 Å². The van der Waals surface area contributed by atoms with Crippen molar-refractivity contribution in [2.45, 2.75) is 44.6 Å². The van der Waals surface area contributed by atoms with E-state index < -0.39 is 17.2 Å². The standard InChI is InChI=1S/C14H18F2O/c1-14(17,10-5-3-2-4-6-10)11-7-12(15)9-13(16)8-11/h7-10,17H,2-6H2,1H3. The quantitative estimate of drug-likeness (QED) is 0.834. The van der Waals surface area contributed by atoms with Gasteiger partial charge in [0.15, 0.2) is 0 Å². The molecule has 1 aromatic rings. The Hall–Kier alpha value is -0.960. The minimum Gasteiger partial charge on any atom is -0.385 e. The fourth-order valence-electron chi connectivity index (χ4n) is 2.75. The average molecular weight is 240 g/mol. The predicted molar refractivity (Wildman–Crippen MR) is 62.5 cm³/mol. The van der Waals surface area contributed by atoms with Crippen LogP contribution in [0.1, 0.15) is 44.6 Å². The van der Waals surface area contributed by atoms with E-state index in [1.54, 1.807) is 6.92 Å². The minimum absolute atomic E-state index is 0.0949. The van der Waals surface area contributed by atoms with Gasteiger partial charge < -0.3 is 5.11 Å². The molecule has 1 nitrogen and oxygen atoms in total. The van der Waals surface area contributed by atoms with Gasteiger partial charge in [0.25, 0.3) is 0 Å². The first-order chi connectivity index (χ1) is 8.00. The van der Waals surface area contributed by atoms with E-state index in [2.05, 4.69) is 0 Å². The van der Waals surface area contributed by atoms with Crippen LogP contribution in [0, 0.1) is 17.6 Å². The normalized spacial score (nSPS) is 21.2. The van der Waals surface area contributed by atoms with E-state index in [4.69, 9.17) is 0 Å². The first-order valence-corrected chi connectivity index (χ1v) is 6.19. The van der Waals surface area contributed by atoms with Crippen molar-refractivity contribution >= 4 is 0 Å². The van der Waals surface area contributed by atoms with Crippen molar-refractivity contribution in [3.05, 3.63) is 35.4 Å². The molecule has 0 radical (unpaired) electrons. The second-order valence-corrected chi connectivity index (χ2v) is 5.14. The van der Waals surface area contributed by atoms with E-state index >= 15 is 0 Å². The van der Waals surface area contributed by atoms with Crippen LogP contribution < -0.4 is 0 Å². The van der Waals surface area contributed by atoms with Crippen LogP contribution in [0.2, 0.25) is 0 Å². The molecule has 0 aromatic heterocycles. The molecule has 1 saturated carbocycles. The molecule has 1 N–H and O–H groups in total. The molecule has 1 atom stereocenters. The van der Waals surface area contributed by atoms with Crippen molar-refractivity contribution < 1.29 is 13.9 Å². The second kappa shape index (κ2) is 4.73. The molecule has 0 heterocycles. The van der Waals surface area contributed by atoms with Crippen molar-refractivity contribution in [2.24, 2.45) is 5.92 Å². The van der Waals surface area contributed by atoms with E-state index in [0.29, 0.717) is 5.56 Å². The molecule has 0 saturated heterocycles. The molecule has 2 rings (SSSR count). The Kier molecular flexibility index (Phi) is 3.48. The summed E-state index contributed by atoms with van der Waals surface area (Å²) in [6.07, 6.45) is 5.19. The molecule has 1 aliphatic rings. The number of hydrogen-bond acceptors (Lipinski definition) is 1. The summed E-state index contributed by atoms with van der Waals surface area (Å²) in [6.45, 7) is 1.66. The van der Waals surface area contributed by atoms with Crippen LogP contribution in [0.25, 0.3) is 0 Å². The molecule has 3 heteroatoms. The Morgan fingerprint density at radius 3 is 2.12 bits per heavy atom. The van der Waals surface area contributed by atoms with Crippen molar-refractivity contribution in [1.82, 2.24) is 0 Å². The molecule has 17 heavy (non-hydrogen) atoms. The van der Waals surface area contributed by atoms with Crippen molar-refractivity contribution in [1.29, 1.82) is 0 Å². The van der Waals surface area contributed by atoms with Crippen LogP contribution in [0.15, 0.2) is 18.2 Å². The molecule has 1 fully saturated rings. The third-order valence-electron chi connectivity index (χ3n) is 3.85. The van der Waals surface area contributed by atoms with Crippen LogP contribution in [0.4, 0.5) is 8.78 Å². The van der Waals surface area contributed by atoms with E-state index in [9.17, 15) is 13.9 Å². The van der Waals surface area contributed by atoms with E-state index in [0.717, 1.165) is 31.7 Å². The van der Waals surface area contributed by atoms with Gasteiger partial charge in [-0.15, -0.1) is 0 Å². The Bertz CT molecular complexity index is 375. The molecule has 1 aromatic carbocycles. The number of hydrogen-bond donors (Lipinski definition) is 1.